The summed E-state index contributed by atoms with van der Waals surface area (Å²) >= 11 is 0. The molecule has 0 amide bonds. The lowest BCUT2D eigenvalue weighted by Gasteiger charge is -2.23. The van der Waals surface area contributed by atoms with Crippen molar-refractivity contribution in [2.75, 3.05) is 0 Å². The Hall–Kier alpha value is -0.510. The van der Waals surface area contributed by atoms with Crippen molar-refractivity contribution in [1.82, 2.24) is 0 Å². The third-order valence-corrected chi connectivity index (χ3v) is 3.23. The molecule has 0 bridgehead atoms. The molecule has 0 aromatic rings. The van der Waals surface area contributed by atoms with E-state index in [9.17, 15) is 0 Å². The number of nitriles is 1. The molecule has 1 rings (SSSR count). The highest BCUT2D eigenvalue weighted by atomic mass is 14.4. The van der Waals surface area contributed by atoms with Gasteiger partial charge in [0.05, 0.1) is 11.5 Å². The largest absolute Gasteiger partial charge is 0.198 e. The summed E-state index contributed by atoms with van der Waals surface area (Å²) in [6.45, 7) is 4.47. The number of rotatable bonds is 3. The zero-order chi connectivity index (χ0) is 9.03. The fourth-order valence-corrected chi connectivity index (χ4v) is 2.22. The summed E-state index contributed by atoms with van der Waals surface area (Å²) in [4.78, 5) is 0. The molecule has 1 aliphatic carbocycles. The summed E-state index contributed by atoms with van der Waals surface area (Å²) in [5.41, 5.74) is 0.0649. The van der Waals surface area contributed by atoms with Crippen molar-refractivity contribution < 1.29 is 0 Å². The van der Waals surface area contributed by atoms with Crippen LogP contribution in [-0.4, -0.2) is 0 Å². The van der Waals surface area contributed by atoms with Crippen molar-refractivity contribution in [3.63, 3.8) is 0 Å². The Labute approximate surface area is 75.8 Å². The van der Waals surface area contributed by atoms with E-state index >= 15 is 0 Å². The zero-order valence-electron chi connectivity index (χ0n) is 8.27. The first-order valence-corrected chi connectivity index (χ1v) is 5.14. The van der Waals surface area contributed by atoms with Crippen LogP contribution in [0.4, 0.5) is 0 Å². The Bertz CT molecular complexity index is 172. The van der Waals surface area contributed by atoms with E-state index in [-0.39, 0.29) is 5.41 Å². The van der Waals surface area contributed by atoms with E-state index in [0.29, 0.717) is 0 Å². The average Bonchev–Trinajstić information content (AvgIpc) is 2.54. The van der Waals surface area contributed by atoms with Crippen LogP contribution >= 0.6 is 0 Å². The quantitative estimate of drug-likeness (QED) is 0.627. The number of nitrogens with zero attached hydrogens (tertiary/aromatic N) is 1. The minimum Gasteiger partial charge on any atom is -0.198 e. The smallest absolute Gasteiger partial charge is 0.0689 e. The molecular weight excluding hydrogens is 146 g/mol. The van der Waals surface area contributed by atoms with Gasteiger partial charge in [-0.15, -0.1) is 0 Å². The lowest BCUT2D eigenvalue weighted by molar-refractivity contribution is 0.304. The molecule has 1 fully saturated rings. The molecule has 0 heterocycles. The van der Waals surface area contributed by atoms with Crippen LogP contribution in [0.25, 0.3) is 0 Å². The lowest BCUT2D eigenvalue weighted by Crippen LogP contribution is -2.17. The standard InChI is InChI=1S/C11H19N/c1-3-10(2)8-11(9-12)6-4-5-7-11/h10H,3-8H2,1-2H3. The SMILES string of the molecule is CCC(C)CC1(C#N)CCCC1. The maximum Gasteiger partial charge on any atom is 0.0689 e. The van der Waals surface area contributed by atoms with Crippen LogP contribution in [0.2, 0.25) is 0 Å². The summed E-state index contributed by atoms with van der Waals surface area (Å²) in [7, 11) is 0. The van der Waals surface area contributed by atoms with Gasteiger partial charge in [0.15, 0.2) is 0 Å². The highest BCUT2D eigenvalue weighted by Crippen LogP contribution is 2.42. The van der Waals surface area contributed by atoms with Crippen molar-refractivity contribution in [2.24, 2.45) is 11.3 Å². The van der Waals surface area contributed by atoms with E-state index < -0.39 is 0 Å². The molecule has 12 heavy (non-hydrogen) atoms. The van der Waals surface area contributed by atoms with E-state index in [4.69, 9.17) is 5.26 Å². The second kappa shape index (κ2) is 3.94. The summed E-state index contributed by atoms with van der Waals surface area (Å²) in [6.07, 6.45) is 7.17. The summed E-state index contributed by atoms with van der Waals surface area (Å²) < 4.78 is 0. The number of hydrogen-bond acceptors (Lipinski definition) is 1. The molecule has 0 saturated heterocycles. The normalized spacial score (nSPS) is 23.4. The monoisotopic (exact) mass is 165 g/mol. The van der Waals surface area contributed by atoms with Crippen LogP contribution in [0.1, 0.15) is 52.4 Å². The molecule has 0 aromatic carbocycles. The molecule has 0 radical (unpaired) electrons. The molecule has 0 aliphatic heterocycles. The fourth-order valence-electron chi connectivity index (χ4n) is 2.22. The van der Waals surface area contributed by atoms with E-state index in [2.05, 4.69) is 19.9 Å². The summed E-state index contributed by atoms with van der Waals surface area (Å²) in [5, 5.41) is 9.11. The van der Waals surface area contributed by atoms with Crippen LogP contribution in [-0.2, 0) is 0 Å². The molecule has 1 unspecified atom stereocenters. The van der Waals surface area contributed by atoms with Crippen molar-refractivity contribution in [2.45, 2.75) is 52.4 Å². The average molecular weight is 165 g/mol. The fraction of sp³-hybridized carbons (Fsp3) is 0.909. The molecular formula is C11H19N. The topological polar surface area (TPSA) is 23.8 Å². The maximum absolute atomic E-state index is 9.11. The first kappa shape index (κ1) is 9.58. The zero-order valence-corrected chi connectivity index (χ0v) is 8.27. The molecule has 1 atom stereocenters. The van der Waals surface area contributed by atoms with Gasteiger partial charge >= 0.3 is 0 Å². The molecule has 0 spiro atoms. The van der Waals surface area contributed by atoms with E-state index in [1.165, 1.54) is 19.3 Å². The Morgan fingerprint density at radius 1 is 1.42 bits per heavy atom. The highest BCUT2D eigenvalue weighted by Gasteiger charge is 2.34. The van der Waals surface area contributed by atoms with Gasteiger partial charge < -0.3 is 0 Å². The van der Waals surface area contributed by atoms with Gasteiger partial charge in [-0.1, -0.05) is 33.1 Å². The van der Waals surface area contributed by atoms with Gasteiger partial charge in [0.25, 0.3) is 0 Å². The summed E-state index contributed by atoms with van der Waals surface area (Å²) in [6, 6.07) is 2.54. The predicted molar refractivity (Wildman–Crippen MR) is 50.6 cm³/mol. The van der Waals surface area contributed by atoms with Crippen LogP contribution in [0.5, 0.6) is 0 Å². The van der Waals surface area contributed by atoms with Gasteiger partial charge in [0.2, 0.25) is 0 Å². The van der Waals surface area contributed by atoms with Crippen molar-refractivity contribution in [1.29, 1.82) is 5.26 Å². The van der Waals surface area contributed by atoms with Gasteiger partial charge in [0, 0.05) is 0 Å². The molecule has 0 aromatic heterocycles. The molecule has 68 valence electrons. The van der Waals surface area contributed by atoms with E-state index in [1.807, 2.05) is 0 Å². The van der Waals surface area contributed by atoms with Gasteiger partial charge in [-0.2, -0.15) is 5.26 Å². The van der Waals surface area contributed by atoms with Crippen LogP contribution < -0.4 is 0 Å². The van der Waals surface area contributed by atoms with Crippen molar-refractivity contribution >= 4 is 0 Å². The Morgan fingerprint density at radius 3 is 2.42 bits per heavy atom. The molecule has 1 saturated carbocycles. The highest BCUT2D eigenvalue weighted by molar-refractivity contribution is 5.02. The minimum atomic E-state index is 0.0649. The predicted octanol–water partition coefficient (Wildman–Crippen LogP) is 3.51. The minimum absolute atomic E-state index is 0.0649. The summed E-state index contributed by atoms with van der Waals surface area (Å²) in [5.74, 6) is 0.725. The van der Waals surface area contributed by atoms with Crippen molar-refractivity contribution in [3.8, 4) is 6.07 Å². The molecule has 1 heteroatoms. The van der Waals surface area contributed by atoms with E-state index in [1.54, 1.807) is 0 Å². The third-order valence-electron chi connectivity index (χ3n) is 3.23. The van der Waals surface area contributed by atoms with E-state index in [0.717, 1.165) is 25.2 Å². The second-order valence-corrected chi connectivity index (χ2v) is 4.32. The first-order chi connectivity index (χ1) is 5.72. The lowest BCUT2D eigenvalue weighted by atomic mass is 9.79. The Morgan fingerprint density at radius 2 is 2.00 bits per heavy atom. The van der Waals surface area contributed by atoms with Crippen molar-refractivity contribution in [3.05, 3.63) is 0 Å². The Kier molecular flexibility index (Phi) is 3.14. The van der Waals surface area contributed by atoms with Gasteiger partial charge in [-0.3, -0.25) is 0 Å². The van der Waals surface area contributed by atoms with Crippen LogP contribution in [0.3, 0.4) is 0 Å². The molecule has 0 N–H and O–H groups in total. The molecule has 1 nitrogen and oxygen atoms in total. The second-order valence-electron chi connectivity index (χ2n) is 4.32. The van der Waals surface area contributed by atoms with Gasteiger partial charge in [0.1, 0.15) is 0 Å². The van der Waals surface area contributed by atoms with Gasteiger partial charge in [-0.25, -0.2) is 0 Å². The Balaban J connectivity index is 2.51. The maximum atomic E-state index is 9.11. The third kappa shape index (κ3) is 2.00. The van der Waals surface area contributed by atoms with Crippen LogP contribution in [0.15, 0.2) is 0 Å². The number of hydrogen-bond donors (Lipinski definition) is 0. The van der Waals surface area contributed by atoms with Gasteiger partial charge in [-0.05, 0) is 25.2 Å². The van der Waals surface area contributed by atoms with Crippen LogP contribution in [0, 0.1) is 22.7 Å². The first-order valence-electron chi connectivity index (χ1n) is 5.14. The molecule has 1 aliphatic rings.